The Bertz CT molecular complexity index is 1200. The van der Waals surface area contributed by atoms with Crippen LogP contribution in [0, 0.1) is 5.82 Å². The van der Waals surface area contributed by atoms with Crippen molar-refractivity contribution in [3.05, 3.63) is 92.0 Å². The van der Waals surface area contributed by atoms with E-state index >= 15 is 0 Å². The minimum atomic E-state index is -0.752. The highest BCUT2D eigenvalue weighted by atomic mass is 19.1. The average molecular weight is 397 g/mol. The number of hydrogen-bond donors (Lipinski definition) is 2. The van der Waals surface area contributed by atoms with E-state index in [2.05, 4.69) is 10.3 Å². The van der Waals surface area contributed by atoms with E-state index in [1.165, 1.54) is 18.2 Å². The second-order valence-corrected chi connectivity index (χ2v) is 6.36. The van der Waals surface area contributed by atoms with Crippen LogP contribution in [0.4, 0.5) is 4.39 Å². The monoisotopic (exact) mass is 397 g/mol. The van der Waals surface area contributed by atoms with Crippen LogP contribution in [0.2, 0.25) is 0 Å². The molecule has 0 spiro atoms. The molecule has 9 heteroatoms. The summed E-state index contributed by atoms with van der Waals surface area (Å²) in [5.41, 5.74) is -0.742. The molecule has 0 aliphatic carbocycles. The molecular weight excluding hydrogens is 381 g/mol. The fourth-order valence-electron chi connectivity index (χ4n) is 2.95. The normalized spacial score (nSPS) is 12.0. The first-order chi connectivity index (χ1) is 14.0. The molecule has 0 saturated heterocycles. The topological polar surface area (TPSA) is 102 Å². The first-order valence-electron chi connectivity index (χ1n) is 8.75. The maximum atomic E-state index is 13.7. The van der Waals surface area contributed by atoms with E-state index in [-0.39, 0.29) is 31.0 Å². The lowest BCUT2D eigenvalue weighted by Crippen LogP contribution is -2.40. The second-order valence-electron chi connectivity index (χ2n) is 6.36. The molecule has 148 valence electrons. The number of aromatic nitrogens is 2. The Labute approximate surface area is 163 Å². The summed E-state index contributed by atoms with van der Waals surface area (Å²) >= 11 is 0. The van der Waals surface area contributed by atoms with Gasteiger partial charge in [-0.25, -0.2) is 9.18 Å². The van der Waals surface area contributed by atoms with Crippen molar-refractivity contribution in [2.45, 2.75) is 13.1 Å². The van der Waals surface area contributed by atoms with Crippen LogP contribution < -0.4 is 26.0 Å². The first kappa shape index (κ1) is 18.5. The van der Waals surface area contributed by atoms with Gasteiger partial charge in [0.2, 0.25) is 6.79 Å². The molecule has 2 N–H and O–H groups in total. The van der Waals surface area contributed by atoms with Gasteiger partial charge in [0.25, 0.3) is 11.5 Å². The minimum absolute atomic E-state index is 0.0563. The molecule has 29 heavy (non-hydrogen) atoms. The summed E-state index contributed by atoms with van der Waals surface area (Å²) < 4.78 is 25.1. The van der Waals surface area contributed by atoms with Gasteiger partial charge >= 0.3 is 5.69 Å². The molecule has 1 aromatic heterocycles. The maximum Gasteiger partial charge on any atom is 0.328 e. The van der Waals surface area contributed by atoms with Crippen molar-refractivity contribution >= 4 is 5.91 Å². The zero-order valence-electron chi connectivity index (χ0n) is 15.1. The highest BCUT2D eigenvalue weighted by Crippen LogP contribution is 2.32. The van der Waals surface area contributed by atoms with E-state index in [4.69, 9.17) is 9.47 Å². The van der Waals surface area contributed by atoms with Gasteiger partial charge in [0.05, 0.1) is 6.54 Å². The Balaban J connectivity index is 1.56. The fourth-order valence-corrected chi connectivity index (χ4v) is 2.95. The molecule has 0 bridgehead atoms. The molecule has 0 unspecified atom stereocenters. The third-order valence-corrected chi connectivity index (χ3v) is 4.48. The van der Waals surface area contributed by atoms with Crippen LogP contribution >= 0.6 is 0 Å². The number of halogens is 1. The summed E-state index contributed by atoms with van der Waals surface area (Å²) in [6.45, 7) is -0.0392. The molecule has 2 aromatic carbocycles. The highest BCUT2D eigenvalue weighted by molar-refractivity contribution is 5.93. The van der Waals surface area contributed by atoms with Gasteiger partial charge < -0.3 is 19.8 Å². The van der Waals surface area contributed by atoms with Crippen LogP contribution in [0.25, 0.3) is 0 Å². The number of aromatic amines is 1. The zero-order valence-corrected chi connectivity index (χ0v) is 15.1. The third kappa shape index (κ3) is 3.75. The Hall–Kier alpha value is -3.88. The summed E-state index contributed by atoms with van der Waals surface area (Å²) in [6, 6.07) is 11.0. The molecule has 4 rings (SSSR count). The van der Waals surface area contributed by atoms with E-state index in [0.717, 1.165) is 10.8 Å². The van der Waals surface area contributed by atoms with Gasteiger partial charge in [0, 0.05) is 18.3 Å². The van der Waals surface area contributed by atoms with Gasteiger partial charge in [-0.3, -0.25) is 14.2 Å². The number of benzene rings is 2. The highest BCUT2D eigenvalue weighted by Gasteiger charge is 2.17. The van der Waals surface area contributed by atoms with E-state index in [0.29, 0.717) is 17.1 Å². The molecule has 8 nitrogen and oxygen atoms in total. The summed E-state index contributed by atoms with van der Waals surface area (Å²) in [4.78, 5) is 39.6. The van der Waals surface area contributed by atoms with Crippen LogP contribution in [0.5, 0.6) is 11.5 Å². The third-order valence-electron chi connectivity index (χ3n) is 4.48. The van der Waals surface area contributed by atoms with Gasteiger partial charge in [0.15, 0.2) is 11.5 Å². The van der Waals surface area contributed by atoms with Crippen LogP contribution in [0.15, 0.2) is 58.3 Å². The van der Waals surface area contributed by atoms with Crippen molar-refractivity contribution in [3.63, 3.8) is 0 Å². The standard InChI is InChI=1S/C20H16FN3O5/c21-15-4-2-1-3-13(15)8-22-18(25)14-9-23-20(27)24(19(14)26)10-12-5-6-16-17(7-12)29-11-28-16/h1-7,9H,8,10-11H2,(H,22,25)(H,23,27). The molecule has 0 radical (unpaired) electrons. The number of hydrogen-bond acceptors (Lipinski definition) is 5. The Morgan fingerprint density at radius 2 is 1.93 bits per heavy atom. The minimum Gasteiger partial charge on any atom is -0.454 e. The quantitative estimate of drug-likeness (QED) is 0.677. The van der Waals surface area contributed by atoms with Crippen molar-refractivity contribution in [1.82, 2.24) is 14.9 Å². The van der Waals surface area contributed by atoms with Crippen LogP contribution in [0.3, 0.4) is 0 Å². The number of carbonyl (C=O) groups excluding carboxylic acids is 1. The Morgan fingerprint density at radius 3 is 2.76 bits per heavy atom. The number of rotatable bonds is 5. The van der Waals surface area contributed by atoms with Crippen molar-refractivity contribution in [2.24, 2.45) is 0 Å². The number of fused-ring (bicyclic) bond motifs is 1. The molecule has 0 saturated carbocycles. The summed E-state index contributed by atoms with van der Waals surface area (Å²) in [5.74, 6) is -0.0783. The second kappa shape index (κ2) is 7.63. The van der Waals surface area contributed by atoms with Crippen LogP contribution in [0.1, 0.15) is 21.5 Å². The van der Waals surface area contributed by atoms with Crippen molar-refractivity contribution in [2.75, 3.05) is 6.79 Å². The summed E-state index contributed by atoms with van der Waals surface area (Å²) in [7, 11) is 0. The van der Waals surface area contributed by atoms with E-state index in [9.17, 15) is 18.8 Å². The summed E-state index contributed by atoms with van der Waals surface area (Å²) in [6.07, 6.45) is 1.05. The van der Waals surface area contributed by atoms with Crippen molar-refractivity contribution in [1.29, 1.82) is 0 Å². The van der Waals surface area contributed by atoms with E-state index in [1.807, 2.05) is 0 Å². The predicted molar refractivity (Wildman–Crippen MR) is 101 cm³/mol. The number of H-pyrrole nitrogens is 1. The SMILES string of the molecule is O=C(NCc1ccccc1F)c1c[nH]c(=O)n(Cc2ccc3c(c2)OCO3)c1=O. The molecule has 0 fully saturated rings. The van der Waals surface area contributed by atoms with Gasteiger partial charge in [-0.1, -0.05) is 24.3 Å². The number of carbonyl (C=O) groups is 1. The van der Waals surface area contributed by atoms with Gasteiger partial charge in [-0.15, -0.1) is 0 Å². The number of ether oxygens (including phenoxy) is 2. The van der Waals surface area contributed by atoms with Crippen molar-refractivity contribution < 1.29 is 18.7 Å². The van der Waals surface area contributed by atoms with Gasteiger partial charge in [0.1, 0.15) is 11.4 Å². The average Bonchev–Trinajstić information content (AvgIpc) is 3.18. The number of nitrogens with zero attached hydrogens (tertiary/aromatic N) is 1. The first-order valence-corrected chi connectivity index (χ1v) is 8.75. The Kier molecular flexibility index (Phi) is 4.86. The van der Waals surface area contributed by atoms with Crippen LogP contribution in [-0.2, 0) is 13.1 Å². The maximum absolute atomic E-state index is 13.7. The number of amides is 1. The molecule has 1 aliphatic rings. The largest absolute Gasteiger partial charge is 0.454 e. The molecule has 3 aromatic rings. The number of nitrogens with one attached hydrogen (secondary N) is 2. The lowest BCUT2D eigenvalue weighted by molar-refractivity contribution is 0.0948. The summed E-state index contributed by atoms with van der Waals surface area (Å²) in [5, 5.41) is 2.49. The lowest BCUT2D eigenvalue weighted by Gasteiger charge is -2.09. The molecule has 2 heterocycles. The molecule has 1 aliphatic heterocycles. The van der Waals surface area contributed by atoms with E-state index in [1.54, 1.807) is 24.3 Å². The smallest absolute Gasteiger partial charge is 0.328 e. The molecule has 1 amide bonds. The molecular formula is C20H16FN3O5. The van der Waals surface area contributed by atoms with Gasteiger partial charge in [-0.2, -0.15) is 0 Å². The van der Waals surface area contributed by atoms with E-state index < -0.39 is 23.0 Å². The lowest BCUT2D eigenvalue weighted by atomic mass is 10.2. The van der Waals surface area contributed by atoms with Crippen LogP contribution in [-0.4, -0.2) is 22.3 Å². The fraction of sp³-hybridized carbons (Fsp3) is 0.150. The molecule has 0 atom stereocenters. The Morgan fingerprint density at radius 1 is 1.14 bits per heavy atom. The zero-order chi connectivity index (χ0) is 20.4. The predicted octanol–water partition coefficient (Wildman–Crippen LogP) is 1.38. The van der Waals surface area contributed by atoms with Crippen molar-refractivity contribution in [3.8, 4) is 11.5 Å². The van der Waals surface area contributed by atoms with Gasteiger partial charge in [-0.05, 0) is 23.8 Å².